The van der Waals surface area contributed by atoms with E-state index in [1.54, 1.807) is 17.3 Å². The molecule has 1 unspecified atom stereocenters. The first-order chi connectivity index (χ1) is 12.9. The zero-order valence-corrected chi connectivity index (χ0v) is 15.8. The number of ether oxygens (including phenoxy) is 1. The minimum Gasteiger partial charge on any atom is -0.444 e. The number of pyridine rings is 2. The van der Waals surface area contributed by atoms with Gasteiger partial charge in [0.05, 0.1) is 0 Å². The summed E-state index contributed by atoms with van der Waals surface area (Å²) in [6.45, 7) is 6.91. The average molecular weight is 365 g/mol. The molecule has 3 aromatic rings. The Morgan fingerprint density at radius 3 is 2.78 bits per heavy atom. The highest BCUT2D eigenvalue weighted by Crippen LogP contribution is 2.29. The average Bonchev–Trinajstić information content (AvgIpc) is 3.27. The summed E-state index contributed by atoms with van der Waals surface area (Å²) >= 11 is 0. The Bertz CT molecular complexity index is 961. The van der Waals surface area contributed by atoms with Gasteiger partial charge in [-0.2, -0.15) is 0 Å². The second kappa shape index (κ2) is 6.64. The van der Waals surface area contributed by atoms with E-state index in [9.17, 15) is 4.79 Å². The molecule has 1 N–H and O–H groups in total. The number of aromatic nitrogens is 4. The maximum Gasteiger partial charge on any atom is 0.410 e. The van der Waals surface area contributed by atoms with E-state index < -0.39 is 5.60 Å². The highest BCUT2D eigenvalue weighted by Gasteiger charge is 2.32. The predicted octanol–water partition coefficient (Wildman–Crippen LogP) is 3.74. The molecular weight excluding hydrogens is 342 g/mol. The smallest absolute Gasteiger partial charge is 0.410 e. The molecule has 0 aromatic carbocycles. The van der Waals surface area contributed by atoms with Crippen LogP contribution in [0.4, 0.5) is 4.79 Å². The Kier molecular flexibility index (Phi) is 4.30. The van der Waals surface area contributed by atoms with Crippen molar-refractivity contribution in [2.75, 3.05) is 13.1 Å². The van der Waals surface area contributed by atoms with E-state index in [0.717, 1.165) is 34.5 Å². The van der Waals surface area contributed by atoms with E-state index in [0.29, 0.717) is 13.1 Å². The molecule has 1 aliphatic heterocycles. The minimum atomic E-state index is -0.484. The second-order valence-corrected chi connectivity index (χ2v) is 7.86. The number of fused-ring (bicyclic) bond motifs is 1. The van der Waals surface area contributed by atoms with Crippen LogP contribution in [-0.4, -0.2) is 49.6 Å². The lowest BCUT2D eigenvalue weighted by Crippen LogP contribution is -2.35. The van der Waals surface area contributed by atoms with Crippen LogP contribution in [0.2, 0.25) is 0 Å². The highest BCUT2D eigenvalue weighted by molar-refractivity contribution is 5.78. The highest BCUT2D eigenvalue weighted by atomic mass is 16.6. The van der Waals surface area contributed by atoms with Crippen molar-refractivity contribution in [1.29, 1.82) is 0 Å². The zero-order chi connectivity index (χ0) is 19.0. The lowest BCUT2D eigenvalue weighted by atomic mass is 10.1. The minimum absolute atomic E-state index is 0.163. The SMILES string of the molecule is CC(C)(C)OC(=O)N1CCC(c2nc3cc(-c4ccncc4)cnc3[nH]2)C1. The van der Waals surface area contributed by atoms with Crippen molar-refractivity contribution in [3.8, 4) is 11.1 Å². The number of rotatable bonds is 2. The molecule has 1 fully saturated rings. The van der Waals surface area contributed by atoms with E-state index in [1.165, 1.54) is 0 Å². The Morgan fingerprint density at radius 2 is 2.04 bits per heavy atom. The van der Waals surface area contributed by atoms with Crippen LogP contribution in [0.3, 0.4) is 0 Å². The number of hydrogen-bond acceptors (Lipinski definition) is 5. The standard InChI is InChI=1S/C20H23N5O2/c1-20(2,3)27-19(26)25-9-6-14(12-25)17-23-16-10-15(11-22-18(16)24-17)13-4-7-21-8-5-13/h4-5,7-8,10-11,14H,6,9,12H2,1-3H3,(H,22,23,24). The van der Waals surface area contributed by atoms with E-state index >= 15 is 0 Å². The van der Waals surface area contributed by atoms with Gasteiger partial charge in [-0.25, -0.2) is 14.8 Å². The third-order valence-corrected chi connectivity index (χ3v) is 4.60. The summed E-state index contributed by atoms with van der Waals surface area (Å²) in [5, 5.41) is 0. The van der Waals surface area contributed by atoms with Gasteiger partial charge >= 0.3 is 6.09 Å². The molecule has 7 nitrogen and oxygen atoms in total. The van der Waals surface area contributed by atoms with Crippen LogP contribution in [0.1, 0.15) is 38.9 Å². The van der Waals surface area contributed by atoms with Gasteiger partial charge in [-0.1, -0.05) is 0 Å². The van der Waals surface area contributed by atoms with Gasteiger partial charge in [0.25, 0.3) is 0 Å². The topological polar surface area (TPSA) is 84.0 Å². The van der Waals surface area contributed by atoms with Crippen LogP contribution in [0.15, 0.2) is 36.8 Å². The lowest BCUT2D eigenvalue weighted by Gasteiger charge is -2.24. The molecular formula is C20H23N5O2. The maximum absolute atomic E-state index is 12.3. The Balaban J connectivity index is 1.52. The number of amides is 1. The Hall–Kier alpha value is -2.96. The molecule has 0 spiro atoms. The third-order valence-electron chi connectivity index (χ3n) is 4.60. The summed E-state index contributed by atoms with van der Waals surface area (Å²) in [6.07, 6.45) is 5.95. The van der Waals surface area contributed by atoms with Crippen molar-refractivity contribution in [2.24, 2.45) is 0 Å². The van der Waals surface area contributed by atoms with Gasteiger partial charge in [-0.05, 0) is 51.0 Å². The fraction of sp³-hybridized carbons (Fsp3) is 0.400. The largest absolute Gasteiger partial charge is 0.444 e. The summed E-state index contributed by atoms with van der Waals surface area (Å²) in [7, 11) is 0. The predicted molar refractivity (Wildman–Crippen MR) is 102 cm³/mol. The molecule has 0 radical (unpaired) electrons. The number of hydrogen-bond donors (Lipinski definition) is 1. The number of nitrogens with zero attached hydrogens (tertiary/aromatic N) is 4. The van der Waals surface area contributed by atoms with Gasteiger partial charge < -0.3 is 14.6 Å². The molecule has 0 aliphatic carbocycles. The fourth-order valence-corrected chi connectivity index (χ4v) is 3.29. The van der Waals surface area contributed by atoms with Crippen LogP contribution in [0, 0.1) is 0 Å². The van der Waals surface area contributed by atoms with Crippen molar-refractivity contribution < 1.29 is 9.53 Å². The quantitative estimate of drug-likeness (QED) is 0.748. The molecule has 140 valence electrons. The third kappa shape index (κ3) is 3.77. The van der Waals surface area contributed by atoms with Crippen LogP contribution in [0.25, 0.3) is 22.3 Å². The maximum atomic E-state index is 12.3. The molecule has 1 aliphatic rings. The molecule has 1 atom stereocenters. The Morgan fingerprint density at radius 1 is 1.26 bits per heavy atom. The fourth-order valence-electron chi connectivity index (χ4n) is 3.29. The molecule has 1 amide bonds. The van der Waals surface area contributed by atoms with Gasteiger partial charge in [0, 0.05) is 43.2 Å². The van der Waals surface area contributed by atoms with E-state index in [2.05, 4.69) is 15.0 Å². The van der Waals surface area contributed by atoms with Gasteiger partial charge in [0.2, 0.25) is 0 Å². The number of H-pyrrole nitrogens is 1. The van der Waals surface area contributed by atoms with Gasteiger partial charge in [0.1, 0.15) is 16.9 Å². The van der Waals surface area contributed by atoms with Crippen LogP contribution in [-0.2, 0) is 4.74 Å². The van der Waals surface area contributed by atoms with Gasteiger partial charge in [0.15, 0.2) is 5.65 Å². The molecule has 4 heterocycles. The van der Waals surface area contributed by atoms with Crippen molar-refractivity contribution in [1.82, 2.24) is 24.8 Å². The molecule has 1 saturated heterocycles. The molecule has 27 heavy (non-hydrogen) atoms. The summed E-state index contributed by atoms with van der Waals surface area (Å²) in [4.78, 5) is 30.6. The van der Waals surface area contributed by atoms with E-state index in [1.807, 2.05) is 45.2 Å². The normalized spacial score (nSPS) is 17.4. The van der Waals surface area contributed by atoms with Crippen LogP contribution >= 0.6 is 0 Å². The summed E-state index contributed by atoms with van der Waals surface area (Å²) in [6, 6.07) is 5.93. The first-order valence-electron chi connectivity index (χ1n) is 9.13. The van der Waals surface area contributed by atoms with Crippen molar-refractivity contribution in [3.63, 3.8) is 0 Å². The first-order valence-corrected chi connectivity index (χ1v) is 9.13. The number of nitrogens with one attached hydrogen (secondary N) is 1. The zero-order valence-electron chi connectivity index (χ0n) is 15.8. The summed E-state index contributed by atoms with van der Waals surface area (Å²) in [5.41, 5.74) is 3.17. The van der Waals surface area contributed by atoms with Gasteiger partial charge in [-0.3, -0.25) is 4.98 Å². The van der Waals surface area contributed by atoms with E-state index in [4.69, 9.17) is 9.72 Å². The Labute approximate surface area is 157 Å². The number of carbonyl (C=O) groups is 1. The van der Waals surface area contributed by atoms with E-state index in [-0.39, 0.29) is 12.0 Å². The number of imidazole rings is 1. The number of carbonyl (C=O) groups excluding carboxylic acids is 1. The number of aromatic amines is 1. The molecule has 7 heteroatoms. The second-order valence-electron chi connectivity index (χ2n) is 7.86. The number of likely N-dealkylation sites (tertiary alicyclic amines) is 1. The van der Waals surface area contributed by atoms with Crippen molar-refractivity contribution in [3.05, 3.63) is 42.6 Å². The molecule has 3 aromatic heterocycles. The van der Waals surface area contributed by atoms with Crippen molar-refractivity contribution in [2.45, 2.75) is 38.7 Å². The van der Waals surface area contributed by atoms with Crippen LogP contribution < -0.4 is 0 Å². The molecule has 0 saturated carbocycles. The van der Waals surface area contributed by atoms with Gasteiger partial charge in [-0.15, -0.1) is 0 Å². The monoisotopic (exact) mass is 365 g/mol. The summed E-state index contributed by atoms with van der Waals surface area (Å²) in [5.74, 6) is 1.03. The molecule has 0 bridgehead atoms. The van der Waals surface area contributed by atoms with Crippen molar-refractivity contribution >= 4 is 17.3 Å². The first kappa shape index (κ1) is 17.5. The lowest BCUT2D eigenvalue weighted by molar-refractivity contribution is 0.0292. The van der Waals surface area contributed by atoms with Crippen LogP contribution in [0.5, 0.6) is 0 Å². The summed E-state index contributed by atoms with van der Waals surface area (Å²) < 4.78 is 5.47. The molecule has 4 rings (SSSR count).